The van der Waals surface area contributed by atoms with Gasteiger partial charge in [-0.2, -0.15) is 13.2 Å². The lowest BCUT2D eigenvalue weighted by Crippen LogP contribution is -2.17. The zero-order chi connectivity index (χ0) is 72.1. The van der Waals surface area contributed by atoms with Crippen LogP contribution in [0.1, 0.15) is 317 Å². The van der Waals surface area contributed by atoms with Crippen molar-refractivity contribution in [2.24, 2.45) is 5.92 Å². The molecule has 0 heterocycles. The second-order valence-electron chi connectivity index (χ2n) is 30.4. The van der Waals surface area contributed by atoms with Crippen LogP contribution < -0.4 is 0 Å². The zero-order valence-electron chi connectivity index (χ0n) is 65.9. The minimum absolute atomic E-state index is 0.241. The van der Waals surface area contributed by atoms with Gasteiger partial charge in [-0.25, -0.2) is 0 Å². The molecule has 0 fully saturated rings. The summed E-state index contributed by atoms with van der Waals surface area (Å²) < 4.78 is 33.5. The Morgan fingerprint density at radius 1 is 0.293 bits per heavy atom. The number of rotatable bonds is 6. The molecule has 514 valence electrons. The van der Waals surface area contributed by atoms with Gasteiger partial charge < -0.3 is 0 Å². The van der Waals surface area contributed by atoms with Crippen LogP contribution in [0.3, 0.4) is 0 Å². The molecule has 7 rings (SSSR count). The molecule has 0 atom stereocenters. The summed E-state index contributed by atoms with van der Waals surface area (Å²) in [5.74, 6) is 2.59. The van der Waals surface area contributed by atoms with Crippen LogP contribution in [0.2, 0.25) is 0 Å². The molecule has 0 aliphatic heterocycles. The SMILES string of the molecule is CC(C)C(F)(F)F.CCC.Cc1c(C(C)C)cc(C(C)C)cc1C(C)C.Cc1c(C(C)C)cccc1C(C)C.Cc1cc(C)c(C)c(C)c1.Cc1ccc(C(C)(C)C)cc1C(C)(C)C.Cc1ccc(C)c(C(C)C)c1.Cc1ccc(C)c(C)c1.Cc1ccc(C)cc1. The van der Waals surface area contributed by atoms with Gasteiger partial charge in [0.1, 0.15) is 0 Å². The first-order chi connectivity index (χ1) is 42.1. The summed E-state index contributed by atoms with van der Waals surface area (Å²) in [6, 6.07) is 44.4. The Kier molecular flexibility index (Phi) is 40.3. The normalized spacial score (nSPS) is 11.1. The molecule has 0 aliphatic carbocycles. The molecule has 3 heteroatoms. The van der Waals surface area contributed by atoms with Crippen LogP contribution in [-0.4, -0.2) is 6.18 Å². The molecular formula is C89H137F3. The van der Waals surface area contributed by atoms with E-state index in [0.29, 0.717) is 35.5 Å². The topological polar surface area (TPSA) is 0 Å². The predicted molar refractivity (Wildman–Crippen MR) is 410 cm³/mol. The highest BCUT2D eigenvalue weighted by Crippen LogP contribution is 2.33. The maximum Gasteiger partial charge on any atom is 0.391 e. The summed E-state index contributed by atoms with van der Waals surface area (Å²) >= 11 is 0. The van der Waals surface area contributed by atoms with Gasteiger partial charge >= 0.3 is 6.18 Å². The molecule has 0 aliphatic rings. The molecule has 0 N–H and O–H groups in total. The Bertz CT molecular complexity index is 3090. The highest BCUT2D eigenvalue weighted by molar-refractivity contribution is 5.43. The number of halogens is 3. The molecule has 0 bridgehead atoms. The quantitative estimate of drug-likeness (QED) is 0.156. The van der Waals surface area contributed by atoms with Gasteiger partial charge in [0.15, 0.2) is 0 Å². The maximum absolute atomic E-state index is 11.2. The largest absolute Gasteiger partial charge is 0.391 e. The molecule has 0 spiro atoms. The fourth-order valence-electron chi connectivity index (χ4n) is 10.3. The van der Waals surface area contributed by atoms with E-state index in [-0.39, 0.29) is 10.8 Å². The van der Waals surface area contributed by atoms with Gasteiger partial charge in [-0.15, -0.1) is 0 Å². The summed E-state index contributed by atoms with van der Waals surface area (Å²) in [6.45, 7) is 77.6. The molecule has 92 heavy (non-hydrogen) atoms. The Morgan fingerprint density at radius 3 is 0.924 bits per heavy atom. The van der Waals surface area contributed by atoms with Crippen LogP contribution in [0.5, 0.6) is 0 Å². The summed E-state index contributed by atoms with van der Waals surface area (Å²) in [6.07, 6.45) is -2.75. The first-order valence-corrected chi connectivity index (χ1v) is 34.7. The molecule has 0 unspecified atom stereocenters. The van der Waals surface area contributed by atoms with Crippen LogP contribution in [0.25, 0.3) is 0 Å². The van der Waals surface area contributed by atoms with Crippen molar-refractivity contribution in [1.82, 2.24) is 0 Å². The summed E-state index contributed by atoms with van der Waals surface area (Å²) in [7, 11) is 0. The maximum atomic E-state index is 11.2. The number of hydrogen-bond acceptors (Lipinski definition) is 0. The van der Waals surface area contributed by atoms with Gasteiger partial charge in [-0.05, 0) is 238 Å². The molecular weight excluding hydrogens is 1130 g/mol. The van der Waals surface area contributed by atoms with E-state index in [1.165, 1.54) is 129 Å². The van der Waals surface area contributed by atoms with Crippen LogP contribution in [0.15, 0.2) is 121 Å². The molecule has 7 aromatic rings. The third kappa shape index (κ3) is 34.0. The Hall–Kier alpha value is -5.67. The molecule has 7 aromatic carbocycles. The van der Waals surface area contributed by atoms with E-state index in [1.54, 1.807) is 0 Å². The lowest BCUT2D eigenvalue weighted by Gasteiger charge is -2.26. The molecule has 0 aromatic heterocycles. The third-order valence-corrected chi connectivity index (χ3v) is 16.7. The van der Waals surface area contributed by atoms with Crippen LogP contribution in [-0.2, 0) is 10.8 Å². The third-order valence-electron chi connectivity index (χ3n) is 16.7. The second-order valence-corrected chi connectivity index (χ2v) is 30.4. The van der Waals surface area contributed by atoms with Gasteiger partial charge in [0.2, 0.25) is 0 Å². The molecule has 0 amide bonds. The van der Waals surface area contributed by atoms with Crippen molar-refractivity contribution < 1.29 is 13.2 Å². The zero-order valence-corrected chi connectivity index (χ0v) is 65.9. The molecule has 0 saturated heterocycles. The number of aryl methyl sites for hydroxylation is 11. The standard InChI is InChI=1S/C16H26.C15H24.C13H20.C11H16.C10H14.C9H12.C8H10.C4H7F3.C3H8/c1-10(2)14-8-15(11(3)4)13(7)16(9-14)12(5)6;1-11-8-9-12(14(2,3)4)10-13(11)15(5,6)7;1-9(2)12-7-6-8-13(10(3)4)11(12)5;1-8(2)11-7-9(3)5-6-10(11)4;1-7-5-8(2)10(4)9(3)6-7;1-7-4-5-8(2)9(3)6-7;1-7-3-5-8(2)6-4-7;1-3(2)4(5,6)7;1-3-2/h8-12H,1-7H3;8-10H,1-7H3;6-10H,1-5H3;5-8H,1-4H3;5-6H,1-4H3;4-6H,1-3H3;3-6H,1-2H3;3H,1-2H3;3H2,1-2H3. The number of benzene rings is 7. The highest BCUT2D eigenvalue weighted by atomic mass is 19.4. The van der Waals surface area contributed by atoms with Gasteiger partial charge in [-0.3, -0.25) is 0 Å². The average Bonchev–Trinajstić information content (AvgIpc) is 0.867. The van der Waals surface area contributed by atoms with Crippen molar-refractivity contribution in [1.29, 1.82) is 0 Å². The van der Waals surface area contributed by atoms with Gasteiger partial charge in [0.05, 0.1) is 0 Å². The fraction of sp³-hybridized carbons (Fsp3) is 0.528. The summed E-state index contributed by atoms with van der Waals surface area (Å²) in [5, 5.41) is 0. The Morgan fingerprint density at radius 2 is 0.620 bits per heavy atom. The minimum atomic E-state index is -4.00. The minimum Gasteiger partial charge on any atom is -0.171 e. The van der Waals surface area contributed by atoms with E-state index in [0.717, 1.165) is 13.8 Å². The van der Waals surface area contributed by atoms with Crippen molar-refractivity contribution in [3.63, 3.8) is 0 Å². The van der Waals surface area contributed by atoms with E-state index < -0.39 is 12.1 Å². The van der Waals surface area contributed by atoms with Gasteiger partial charge in [-0.1, -0.05) is 308 Å². The van der Waals surface area contributed by atoms with E-state index in [4.69, 9.17) is 0 Å². The lowest BCUT2D eigenvalue weighted by molar-refractivity contribution is -0.164. The van der Waals surface area contributed by atoms with Crippen molar-refractivity contribution in [2.75, 3.05) is 0 Å². The van der Waals surface area contributed by atoms with Crippen molar-refractivity contribution in [3.05, 3.63) is 244 Å². The number of alkyl halides is 3. The second kappa shape index (κ2) is 41.9. The number of hydrogen-bond donors (Lipinski definition) is 0. The monoisotopic (exact) mass is 1260 g/mol. The lowest BCUT2D eigenvalue weighted by atomic mass is 9.79. The van der Waals surface area contributed by atoms with Crippen LogP contribution >= 0.6 is 0 Å². The van der Waals surface area contributed by atoms with Crippen molar-refractivity contribution >= 4 is 0 Å². The Labute approximate surface area is 567 Å². The summed E-state index contributed by atoms with van der Waals surface area (Å²) in [4.78, 5) is 0. The van der Waals surface area contributed by atoms with Gasteiger partial charge in [0, 0.05) is 5.92 Å². The van der Waals surface area contributed by atoms with E-state index >= 15 is 0 Å². The average molecular weight is 1260 g/mol. The van der Waals surface area contributed by atoms with E-state index in [1.807, 2.05) is 0 Å². The van der Waals surface area contributed by atoms with Crippen molar-refractivity contribution in [3.8, 4) is 0 Å². The van der Waals surface area contributed by atoms with Gasteiger partial charge in [0.25, 0.3) is 0 Å². The summed E-state index contributed by atoms with van der Waals surface area (Å²) in [5.41, 5.74) is 31.9. The van der Waals surface area contributed by atoms with E-state index in [9.17, 15) is 13.2 Å². The predicted octanol–water partition coefficient (Wildman–Crippen LogP) is 29.1. The Balaban J connectivity index is 0. The molecule has 0 radical (unpaired) electrons. The van der Waals surface area contributed by atoms with E-state index in [2.05, 4.69) is 357 Å². The molecule has 0 nitrogen and oxygen atoms in total. The molecule has 0 saturated carbocycles. The smallest absolute Gasteiger partial charge is 0.171 e. The van der Waals surface area contributed by atoms with Crippen molar-refractivity contribution in [2.45, 2.75) is 308 Å². The van der Waals surface area contributed by atoms with Crippen LogP contribution in [0.4, 0.5) is 13.2 Å². The fourth-order valence-corrected chi connectivity index (χ4v) is 10.3. The highest BCUT2D eigenvalue weighted by Gasteiger charge is 2.31. The first-order valence-electron chi connectivity index (χ1n) is 34.7. The first kappa shape index (κ1) is 88.4. The van der Waals surface area contributed by atoms with Crippen LogP contribution in [0, 0.1) is 103 Å².